The van der Waals surface area contributed by atoms with Gasteiger partial charge in [-0.15, -0.1) is 0 Å². The van der Waals surface area contributed by atoms with Crippen molar-refractivity contribution in [3.8, 4) is 11.4 Å². The Morgan fingerprint density at radius 2 is 1.82 bits per heavy atom. The lowest BCUT2D eigenvalue weighted by atomic mass is 10.1. The van der Waals surface area contributed by atoms with Crippen molar-refractivity contribution in [3.05, 3.63) is 65.2 Å². The number of benzene rings is 3. The maximum absolute atomic E-state index is 14.9. The average Bonchev–Trinajstić information content (AvgIpc) is 3.33. The molecule has 2 heterocycles. The number of aryl methyl sites for hydroxylation is 2. The number of rotatable bonds is 6. The molecule has 0 unspecified atom stereocenters. The minimum absolute atomic E-state index is 0.0298. The van der Waals surface area contributed by atoms with E-state index < -0.39 is 5.82 Å². The van der Waals surface area contributed by atoms with Gasteiger partial charge < -0.3 is 13.9 Å². The third-order valence-corrected chi connectivity index (χ3v) is 6.22. The molecule has 0 bridgehead atoms. The van der Waals surface area contributed by atoms with Crippen molar-refractivity contribution in [2.75, 3.05) is 13.7 Å². The zero-order valence-electron chi connectivity index (χ0n) is 18.7. The van der Waals surface area contributed by atoms with Crippen LogP contribution in [0.1, 0.15) is 22.8 Å². The third-order valence-electron chi connectivity index (χ3n) is 6.22. The number of carbonyl (C=O) groups excluding carboxylic acids is 1. The third kappa shape index (κ3) is 3.23. The number of fused-ring (bicyclic) bond motifs is 4. The molecule has 0 amide bonds. The number of methoxy groups -OCH3 is 1. The van der Waals surface area contributed by atoms with Crippen LogP contribution in [-0.2, 0) is 17.8 Å². The van der Waals surface area contributed by atoms with Gasteiger partial charge in [-0.3, -0.25) is 4.79 Å². The summed E-state index contributed by atoms with van der Waals surface area (Å²) in [7, 11) is 1.60. The largest absolute Gasteiger partial charge is 0.383 e. The van der Waals surface area contributed by atoms with Gasteiger partial charge in [-0.2, -0.15) is 0 Å². The van der Waals surface area contributed by atoms with Crippen LogP contribution in [0.3, 0.4) is 0 Å². The number of carbonyl (C=O) groups is 1. The molecule has 0 spiro atoms. The normalized spacial score (nSPS) is 11.8. The van der Waals surface area contributed by atoms with Crippen LogP contribution in [0, 0.1) is 18.6 Å². The number of nitrogens with zero attached hydrogens (tertiary/aromatic N) is 3. The van der Waals surface area contributed by atoms with Crippen molar-refractivity contribution < 1.29 is 18.3 Å². The van der Waals surface area contributed by atoms with Crippen molar-refractivity contribution >= 4 is 39.1 Å². The first kappa shape index (κ1) is 21.3. The zero-order valence-corrected chi connectivity index (χ0v) is 18.7. The molecule has 7 heteroatoms. The Labute approximate surface area is 189 Å². The molecular formula is C26H23F2N3O2. The first-order valence-electron chi connectivity index (χ1n) is 10.8. The number of ether oxygens (including phenoxy) is 1. The van der Waals surface area contributed by atoms with Gasteiger partial charge in [0.15, 0.2) is 12.1 Å². The summed E-state index contributed by atoms with van der Waals surface area (Å²) >= 11 is 0. The van der Waals surface area contributed by atoms with Gasteiger partial charge in [-0.1, -0.05) is 0 Å². The fourth-order valence-electron chi connectivity index (χ4n) is 4.77. The SMILES string of the molecule is CCn1c2ccc(-c3nc4c(F)c(C=O)ccc4n3CCOC)cc2c2cc(F)cc(C)c21. The molecule has 0 aliphatic heterocycles. The highest BCUT2D eigenvalue weighted by Crippen LogP contribution is 2.35. The second kappa shape index (κ2) is 8.08. The fraction of sp³-hybridized carbons (Fsp3) is 0.231. The lowest BCUT2D eigenvalue weighted by Gasteiger charge is -2.09. The molecular weight excluding hydrogens is 424 g/mol. The van der Waals surface area contributed by atoms with Crippen LogP contribution in [0.25, 0.3) is 44.2 Å². The molecule has 0 atom stereocenters. The Kier molecular flexibility index (Phi) is 5.21. The predicted octanol–water partition coefficient (Wildman–Crippen LogP) is 5.88. The molecule has 0 aliphatic rings. The number of aromatic nitrogens is 3. The Bertz CT molecular complexity index is 1550. The zero-order chi connectivity index (χ0) is 23.3. The van der Waals surface area contributed by atoms with Crippen LogP contribution >= 0.6 is 0 Å². The van der Waals surface area contributed by atoms with E-state index in [2.05, 4.69) is 16.5 Å². The van der Waals surface area contributed by atoms with Crippen LogP contribution in [0.5, 0.6) is 0 Å². The van der Waals surface area contributed by atoms with Gasteiger partial charge in [0, 0.05) is 42.1 Å². The van der Waals surface area contributed by atoms with Crippen LogP contribution in [0.4, 0.5) is 8.78 Å². The number of hydrogen-bond acceptors (Lipinski definition) is 3. The molecule has 0 fully saturated rings. The Hall–Kier alpha value is -3.58. The summed E-state index contributed by atoms with van der Waals surface area (Å²) in [6.45, 7) is 5.60. The molecule has 33 heavy (non-hydrogen) atoms. The summed E-state index contributed by atoms with van der Waals surface area (Å²) in [5.74, 6) is -0.353. The summed E-state index contributed by atoms with van der Waals surface area (Å²) in [6.07, 6.45) is 0.491. The van der Waals surface area contributed by atoms with Crippen molar-refractivity contribution in [2.24, 2.45) is 0 Å². The number of hydrogen-bond donors (Lipinski definition) is 0. The molecule has 5 nitrogen and oxygen atoms in total. The van der Waals surface area contributed by atoms with Gasteiger partial charge in [0.05, 0.1) is 23.2 Å². The molecule has 5 aromatic rings. The molecule has 0 aliphatic carbocycles. The van der Waals surface area contributed by atoms with Gasteiger partial charge in [-0.25, -0.2) is 13.8 Å². The van der Waals surface area contributed by atoms with E-state index in [1.54, 1.807) is 25.3 Å². The molecule has 0 N–H and O–H groups in total. The molecule has 5 rings (SSSR count). The Morgan fingerprint density at radius 3 is 2.55 bits per heavy atom. The molecule has 0 radical (unpaired) electrons. The van der Waals surface area contributed by atoms with E-state index in [1.807, 2.05) is 29.7 Å². The predicted molar refractivity (Wildman–Crippen MR) is 126 cm³/mol. The van der Waals surface area contributed by atoms with E-state index in [0.29, 0.717) is 30.8 Å². The van der Waals surface area contributed by atoms with Gasteiger partial charge >= 0.3 is 0 Å². The molecule has 2 aromatic heterocycles. The number of imidazole rings is 1. The average molecular weight is 447 g/mol. The lowest BCUT2D eigenvalue weighted by molar-refractivity contribution is 0.112. The van der Waals surface area contributed by atoms with Gasteiger partial charge in [0.25, 0.3) is 0 Å². The van der Waals surface area contributed by atoms with E-state index in [-0.39, 0.29) is 16.9 Å². The second-order valence-corrected chi connectivity index (χ2v) is 8.13. The summed E-state index contributed by atoms with van der Waals surface area (Å²) in [4.78, 5) is 15.8. The molecule has 3 aromatic carbocycles. The fourth-order valence-corrected chi connectivity index (χ4v) is 4.77. The summed E-state index contributed by atoms with van der Waals surface area (Å²) in [5, 5.41) is 1.74. The summed E-state index contributed by atoms with van der Waals surface area (Å²) in [5.41, 5.74) is 4.35. The van der Waals surface area contributed by atoms with E-state index >= 15 is 0 Å². The number of halogens is 2. The van der Waals surface area contributed by atoms with Crippen molar-refractivity contribution in [1.82, 2.24) is 14.1 Å². The van der Waals surface area contributed by atoms with Crippen LogP contribution in [0.15, 0.2) is 42.5 Å². The van der Waals surface area contributed by atoms with Crippen LogP contribution in [-0.4, -0.2) is 34.1 Å². The van der Waals surface area contributed by atoms with E-state index in [1.165, 1.54) is 6.07 Å². The first-order valence-corrected chi connectivity index (χ1v) is 10.8. The number of aldehydes is 1. The maximum Gasteiger partial charge on any atom is 0.161 e. The molecule has 0 saturated heterocycles. The van der Waals surface area contributed by atoms with Gasteiger partial charge in [-0.05, 0) is 61.9 Å². The highest BCUT2D eigenvalue weighted by atomic mass is 19.1. The van der Waals surface area contributed by atoms with Crippen molar-refractivity contribution in [2.45, 2.75) is 26.9 Å². The standard InChI is InChI=1S/C26H23F2N3O2/c1-4-30-21-7-5-16(12-19(21)20-13-18(27)11-15(2)25(20)30)26-29-24-22(31(26)9-10-33-3)8-6-17(14-32)23(24)28/h5-8,11-14H,4,9-10H2,1-3H3. The topological polar surface area (TPSA) is 49.0 Å². The first-order chi connectivity index (χ1) is 16.0. The highest BCUT2D eigenvalue weighted by molar-refractivity contribution is 6.10. The summed E-state index contributed by atoms with van der Waals surface area (Å²) < 4.78 is 38.6. The van der Waals surface area contributed by atoms with E-state index in [9.17, 15) is 13.6 Å². The highest BCUT2D eigenvalue weighted by Gasteiger charge is 2.20. The van der Waals surface area contributed by atoms with Crippen LogP contribution < -0.4 is 0 Å². The smallest absolute Gasteiger partial charge is 0.161 e. The molecule has 168 valence electrons. The monoisotopic (exact) mass is 447 g/mol. The van der Waals surface area contributed by atoms with Crippen molar-refractivity contribution in [3.63, 3.8) is 0 Å². The van der Waals surface area contributed by atoms with E-state index in [4.69, 9.17) is 4.74 Å². The van der Waals surface area contributed by atoms with Gasteiger partial charge in [0.2, 0.25) is 0 Å². The lowest BCUT2D eigenvalue weighted by Crippen LogP contribution is -2.06. The van der Waals surface area contributed by atoms with Gasteiger partial charge in [0.1, 0.15) is 17.2 Å². The Morgan fingerprint density at radius 1 is 1.03 bits per heavy atom. The second-order valence-electron chi connectivity index (χ2n) is 8.13. The summed E-state index contributed by atoms with van der Waals surface area (Å²) in [6, 6.07) is 12.2. The van der Waals surface area contributed by atoms with Crippen molar-refractivity contribution in [1.29, 1.82) is 0 Å². The quantitative estimate of drug-likeness (QED) is 0.306. The maximum atomic E-state index is 14.9. The minimum atomic E-state index is -0.638. The van der Waals surface area contributed by atoms with Crippen LogP contribution in [0.2, 0.25) is 0 Å². The molecule has 0 saturated carbocycles. The van der Waals surface area contributed by atoms with E-state index in [0.717, 1.165) is 39.5 Å². The minimum Gasteiger partial charge on any atom is -0.383 e. The Balaban J connectivity index is 1.81.